The number of para-hydroxylation sites is 1. The van der Waals surface area contributed by atoms with E-state index in [0.717, 1.165) is 18.7 Å². The van der Waals surface area contributed by atoms with Gasteiger partial charge in [0.15, 0.2) is 0 Å². The zero-order chi connectivity index (χ0) is 11.0. The topological polar surface area (TPSA) is 27.1 Å². The fraction of sp³-hybridized carbons (Fsp3) is 0.308. The summed E-state index contributed by atoms with van der Waals surface area (Å²) in [7, 11) is 0. The molecule has 1 atom stereocenters. The lowest BCUT2D eigenvalue weighted by atomic mass is 10.1. The number of hydrogen-bond acceptors (Lipinski definition) is 2. The summed E-state index contributed by atoms with van der Waals surface area (Å²) in [4.78, 5) is 0. The first kappa shape index (κ1) is 9.46. The van der Waals surface area contributed by atoms with Gasteiger partial charge in [0.05, 0.1) is 6.54 Å². The normalized spacial score (nSPS) is 18.2. The Morgan fingerprint density at radius 1 is 1.38 bits per heavy atom. The van der Waals surface area contributed by atoms with Gasteiger partial charge in [-0.1, -0.05) is 18.2 Å². The summed E-state index contributed by atoms with van der Waals surface area (Å²) < 4.78 is 7.87. The summed E-state index contributed by atoms with van der Waals surface area (Å²) in [6.07, 6.45) is 3.03. The van der Waals surface area contributed by atoms with E-state index in [-0.39, 0.29) is 6.10 Å². The summed E-state index contributed by atoms with van der Waals surface area (Å²) in [6.45, 7) is 2.89. The molecule has 0 fully saturated rings. The molecule has 82 valence electrons. The molecule has 1 unspecified atom stereocenters. The van der Waals surface area contributed by atoms with Crippen molar-refractivity contribution in [3.63, 3.8) is 0 Å². The fourth-order valence-electron chi connectivity index (χ4n) is 2.14. The highest BCUT2D eigenvalue weighted by Crippen LogP contribution is 2.28. The maximum Gasteiger partial charge on any atom is 0.123 e. The second-order valence-electron chi connectivity index (χ2n) is 4.21. The Morgan fingerprint density at radius 2 is 2.25 bits per heavy atom. The van der Waals surface area contributed by atoms with Crippen molar-refractivity contribution in [2.45, 2.75) is 26.0 Å². The molecular formula is C13H14N2O. The highest BCUT2D eigenvalue weighted by Gasteiger charge is 2.22. The van der Waals surface area contributed by atoms with Crippen LogP contribution in [-0.2, 0) is 13.0 Å². The minimum Gasteiger partial charge on any atom is -0.488 e. The maximum absolute atomic E-state index is 5.87. The molecule has 0 spiro atoms. The second kappa shape index (κ2) is 3.67. The molecule has 3 rings (SSSR count). The number of benzene rings is 1. The van der Waals surface area contributed by atoms with Crippen molar-refractivity contribution in [1.29, 1.82) is 0 Å². The number of rotatable bonds is 2. The number of ether oxygens (including phenoxy) is 1. The van der Waals surface area contributed by atoms with Gasteiger partial charge in [0.25, 0.3) is 0 Å². The van der Waals surface area contributed by atoms with E-state index >= 15 is 0 Å². The van der Waals surface area contributed by atoms with Gasteiger partial charge in [0.1, 0.15) is 11.9 Å². The van der Waals surface area contributed by atoms with E-state index in [9.17, 15) is 0 Å². The lowest BCUT2D eigenvalue weighted by Gasteiger charge is -2.11. The van der Waals surface area contributed by atoms with Crippen molar-refractivity contribution >= 4 is 0 Å². The molecule has 0 bridgehead atoms. The Bertz CT molecular complexity index is 479. The predicted octanol–water partition coefficient (Wildman–Crippen LogP) is 2.20. The third kappa shape index (κ3) is 1.58. The lowest BCUT2D eigenvalue weighted by Crippen LogP contribution is -2.22. The van der Waals surface area contributed by atoms with Gasteiger partial charge in [-0.3, -0.25) is 4.68 Å². The Balaban J connectivity index is 1.75. The zero-order valence-corrected chi connectivity index (χ0v) is 9.26. The fourth-order valence-corrected chi connectivity index (χ4v) is 2.14. The molecular weight excluding hydrogens is 200 g/mol. The van der Waals surface area contributed by atoms with Gasteiger partial charge in [0.2, 0.25) is 0 Å². The third-order valence-electron chi connectivity index (χ3n) is 3.02. The molecule has 1 aromatic carbocycles. The molecule has 2 heterocycles. The monoisotopic (exact) mass is 214 g/mol. The summed E-state index contributed by atoms with van der Waals surface area (Å²) in [5.41, 5.74) is 2.48. The first-order valence-corrected chi connectivity index (χ1v) is 5.56. The van der Waals surface area contributed by atoms with E-state index in [0.29, 0.717) is 0 Å². The van der Waals surface area contributed by atoms with E-state index in [2.05, 4.69) is 24.2 Å². The van der Waals surface area contributed by atoms with Crippen molar-refractivity contribution in [2.75, 3.05) is 0 Å². The van der Waals surface area contributed by atoms with Crippen LogP contribution < -0.4 is 4.74 Å². The van der Waals surface area contributed by atoms with Crippen LogP contribution in [0.4, 0.5) is 0 Å². The van der Waals surface area contributed by atoms with Gasteiger partial charge in [-0.15, -0.1) is 0 Å². The van der Waals surface area contributed by atoms with E-state index in [1.165, 1.54) is 11.3 Å². The number of aryl methyl sites for hydroxylation is 1. The Labute approximate surface area is 94.7 Å². The molecule has 2 aromatic rings. The third-order valence-corrected chi connectivity index (χ3v) is 3.02. The highest BCUT2D eigenvalue weighted by molar-refractivity contribution is 5.37. The SMILES string of the molecule is Cc1ccnn1CC1Cc2ccccc2O1. The molecule has 1 aromatic heterocycles. The molecule has 0 N–H and O–H groups in total. The van der Waals surface area contributed by atoms with Crippen LogP contribution in [0.15, 0.2) is 36.5 Å². The molecule has 1 aliphatic heterocycles. The average molecular weight is 214 g/mol. The van der Waals surface area contributed by atoms with Gasteiger partial charge in [-0.25, -0.2) is 0 Å². The van der Waals surface area contributed by atoms with Crippen molar-refractivity contribution in [1.82, 2.24) is 9.78 Å². The number of aromatic nitrogens is 2. The molecule has 0 saturated heterocycles. The Morgan fingerprint density at radius 3 is 3.00 bits per heavy atom. The molecule has 3 heteroatoms. The van der Waals surface area contributed by atoms with Crippen LogP contribution >= 0.6 is 0 Å². The molecule has 3 nitrogen and oxygen atoms in total. The molecule has 0 amide bonds. The highest BCUT2D eigenvalue weighted by atomic mass is 16.5. The van der Waals surface area contributed by atoms with Gasteiger partial charge in [-0.2, -0.15) is 5.10 Å². The summed E-state index contributed by atoms with van der Waals surface area (Å²) in [6, 6.07) is 10.3. The maximum atomic E-state index is 5.87. The smallest absolute Gasteiger partial charge is 0.123 e. The van der Waals surface area contributed by atoms with Crippen LogP contribution in [0.5, 0.6) is 5.75 Å². The summed E-state index contributed by atoms with van der Waals surface area (Å²) >= 11 is 0. The van der Waals surface area contributed by atoms with Crippen molar-refractivity contribution in [2.24, 2.45) is 0 Å². The number of fused-ring (bicyclic) bond motifs is 1. The lowest BCUT2D eigenvalue weighted by molar-refractivity contribution is 0.202. The number of nitrogens with zero attached hydrogens (tertiary/aromatic N) is 2. The minimum absolute atomic E-state index is 0.219. The first-order valence-electron chi connectivity index (χ1n) is 5.56. The van der Waals surface area contributed by atoms with E-state index in [4.69, 9.17) is 4.74 Å². The van der Waals surface area contributed by atoms with E-state index in [1.807, 2.05) is 29.1 Å². The molecule has 16 heavy (non-hydrogen) atoms. The van der Waals surface area contributed by atoms with Gasteiger partial charge in [-0.05, 0) is 24.6 Å². The zero-order valence-electron chi connectivity index (χ0n) is 9.26. The van der Waals surface area contributed by atoms with Gasteiger partial charge >= 0.3 is 0 Å². The first-order chi connectivity index (χ1) is 7.83. The van der Waals surface area contributed by atoms with Crippen molar-refractivity contribution in [3.8, 4) is 5.75 Å². The standard InChI is InChI=1S/C13H14N2O/c1-10-6-7-14-15(10)9-12-8-11-4-2-3-5-13(11)16-12/h2-7,12H,8-9H2,1H3. The Hall–Kier alpha value is -1.77. The Kier molecular flexibility index (Phi) is 2.17. The molecule has 0 radical (unpaired) electrons. The molecule has 0 saturated carbocycles. The molecule has 0 aliphatic carbocycles. The van der Waals surface area contributed by atoms with Crippen LogP contribution in [0, 0.1) is 6.92 Å². The van der Waals surface area contributed by atoms with E-state index < -0.39 is 0 Å². The predicted molar refractivity (Wildman–Crippen MR) is 61.5 cm³/mol. The summed E-state index contributed by atoms with van der Waals surface area (Å²) in [5, 5.41) is 4.28. The van der Waals surface area contributed by atoms with Gasteiger partial charge in [0, 0.05) is 18.3 Å². The average Bonchev–Trinajstić information content (AvgIpc) is 2.85. The van der Waals surface area contributed by atoms with Crippen LogP contribution in [0.2, 0.25) is 0 Å². The van der Waals surface area contributed by atoms with E-state index in [1.54, 1.807) is 0 Å². The van der Waals surface area contributed by atoms with Crippen LogP contribution in [0.25, 0.3) is 0 Å². The van der Waals surface area contributed by atoms with Gasteiger partial charge < -0.3 is 4.74 Å². The summed E-state index contributed by atoms with van der Waals surface area (Å²) in [5.74, 6) is 1.03. The largest absolute Gasteiger partial charge is 0.488 e. The van der Waals surface area contributed by atoms with Crippen LogP contribution in [-0.4, -0.2) is 15.9 Å². The quantitative estimate of drug-likeness (QED) is 0.766. The van der Waals surface area contributed by atoms with Crippen molar-refractivity contribution in [3.05, 3.63) is 47.8 Å². The van der Waals surface area contributed by atoms with Crippen molar-refractivity contribution < 1.29 is 4.74 Å². The minimum atomic E-state index is 0.219. The van der Waals surface area contributed by atoms with Crippen LogP contribution in [0.3, 0.4) is 0 Å². The second-order valence-corrected chi connectivity index (χ2v) is 4.21. The number of hydrogen-bond donors (Lipinski definition) is 0. The molecule has 1 aliphatic rings. The van der Waals surface area contributed by atoms with Crippen LogP contribution in [0.1, 0.15) is 11.3 Å².